The van der Waals surface area contributed by atoms with Crippen molar-refractivity contribution in [3.8, 4) is 0 Å². The molecular formula is C17H24ClN3O5S. The Balaban J connectivity index is 1.95. The van der Waals surface area contributed by atoms with Crippen LogP contribution in [0, 0.1) is 10.1 Å². The van der Waals surface area contributed by atoms with Gasteiger partial charge in [-0.05, 0) is 18.6 Å². The van der Waals surface area contributed by atoms with Crippen LogP contribution in [0.3, 0.4) is 0 Å². The van der Waals surface area contributed by atoms with Gasteiger partial charge in [-0.25, -0.2) is 8.42 Å². The zero-order chi connectivity index (χ0) is 20.0. The predicted molar refractivity (Wildman–Crippen MR) is 105 cm³/mol. The van der Waals surface area contributed by atoms with E-state index in [2.05, 4.69) is 0 Å². The third-order valence-electron chi connectivity index (χ3n) is 4.51. The molecule has 0 bridgehead atoms. The van der Waals surface area contributed by atoms with Crippen molar-refractivity contribution in [1.29, 1.82) is 0 Å². The summed E-state index contributed by atoms with van der Waals surface area (Å²) >= 11 is 5.84. The SMILES string of the molecule is CCCCCS(=O)(=O)CC(=O)N1CCN(c2ccc(Cl)cc2[N+](=O)[O-])CC1. The van der Waals surface area contributed by atoms with Gasteiger partial charge in [0.1, 0.15) is 11.4 Å². The van der Waals surface area contributed by atoms with Crippen molar-refractivity contribution in [2.45, 2.75) is 26.2 Å². The first-order valence-corrected chi connectivity index (χ1v) is 11.1. The molecule has 1 aromatic carbocycles. The second-order valence-corrected chi connectivity index (χ2v) is 9.18. The second kappa shape index (κ2) is 9.36. The molecule has 1 aliphatic heterocycles. The van der Waals surface area contributed by atoms with Gasteiger partial charge in [0.2, 0.25) is 5.91 Å². The molecule has 1 aromatic rings. The summed E-state index contributed by atoms with van der Waals surface area (Å²) in [6.45, 7) is 3.42. The molecule has 1 saturated heterocycles. The summed E-state index contributed by atoms with van der Waals surface area (Å²) in [6.07, 6.45) is 2.31. The first-order chi connectivity index (χ1) is 12.7. The summed E-state index contributed by atoms with van der Waals surface area (Å²) in [5, 5.41) is 11.5. The Morgan fingerprint density at radius 1 is 1.22 bits per heavy atom. The van der Waals surface area contributed by atoms with E-state index in [1.54, 1.807) is 12.1 Å². The summed E-state index contributed by atoms with van der Waals surface area (Å²) in [5.74, 6) is -0.849. The Morgan fingerprint density at radius 2 is 1.89 bits per heavy atom. The van der Waals surface area contributed by atoms with Gasteiger partial charge in [0.05, 0.1) is 10.7 Å². The van der Waals surface area contributed by atoms with Gasteiger partial charge in [0, 0.05) is 37.3 Å². The van der Waals surface area contributed by atoms with Gasteiger partial charge in [-0.15, -0.1) is 0 Å². The molecule has 1 fully saturated rings. The molecule has 0 unspecified atom stereocenters. The number of unbranched alkanes of at least 4 members (excludes halogenated alkanes) is 2. The summed E-state index contributed by atoms with van der Waals surface area (Å²) in [4.78, 5) is 26.4. The lowest BCUT2D eigenvalue weighted by atomic mass is 10.2. The highest BCUT2D eigenvalue weighted by Gasteiger charge is 2.28. The molecule has 1 heterocycles. The minimum atomic E-state index is -3.40. The second-order valence-electron chi connectivity index (χ2n) is 6.56. The zero-order valence-corrected chi connectivity index (χ0v) is 16.8. The van der Waals surface area contributed by atoms with E-state index in [1.165, 1.54) is 11.0 Å². The number of rotatable bonds is 8. The van der Waals surface area contributed by atoms with Crippen molar-refractivity contribution >= 4 is 38.7 Å². The van der Waals surface area contributed by atoms with Crippen LogP contribution in [0.4, 0.5) is 11.4 Å². The maximum Gasteiger partial charge on any atom is 0.294 e. The van der Waals surface area contributed by atoms with Gasteiger partial charge in [-0.3, -0.25) is 14.9 Å². The van der Waals surface area contributed by atoms with E-state index >= 15 is 0 Å². The molecule has 10 heteroatoms. The maximum absolute atomic E-state index is 12.3. The number of halogens is 1. The molecule has 0 aliphatic carbocycles. The van der Waals surface area contributed by atoms with Crippen LogP contribution in [0.5, 0.6) is 0 Å². The van der Waals surface area contributed by atoms with Gasteiger partial charge >= 0.3 is 0 Å². The van der Waals surface area contributed by atoms with Gasteiger partial charge in [0.15, 0.2) is 9.84 Å². The number of piperazine rings is 1. The Morgan fingerprint density at radius 3 is 2.48 bits per heavy atom. The molecule has 27 heavy (non-hydrogen) atoms. The molecule has 0 atom stereocenters. The number of nitro groups is 1. The first-order valence-electron chi connectivity index (χ1n) is 8.90. The number of carbonyl (C=O) groups is 1. The highest BCUT2D eigenvalue weighted by atomic mass is 35.5. The van der Waals surface area contributed by atoms with Gasteiger partial charge in [0.25, 0.3) is 5.69 Å². The average Bonchev–Trinajstić information content (AvgIpc) is 2.61. The summed E-state index contributed by atoms with van der Waals surface area (Å²) < 4.78 is 24.1. The van der Waals surface area contributed by atoms with E-state index in [4.69, 9.17) is 11.6 Å². The van der Waals surface area contributed by atoms with Crippen LogP contribution in [0.1, 0.15) is 26.2 Å². The molecule has 0 saturated carbocycles. The first kappa shape index (κ1) is 21.4. The number of carbonyl (C=O) groups excluding carboxylic acids is 1. The lowest BCUT2D eigenvalue weighted by Gasteiger charge is -2.35. The fraction of sp³-hybridized carbons (Fsp3) is 0.588. The lowest BCUT2D eigenvalue weighted by molar-refractivity contribution is -0.384. The minimum Gasteiger partial charge on any atom is -0.362 e. The monoisotopic (exact) mass is 417 g/mol. The molecule has 0 radical (unpaired) electrons. The smallest absolute Gasteiger partial charge is 0.294 e. The standard InChI is InChI=1S/C17H24ClN3O5S/c1-2-3-4-11-27(25,26)13-17(22)20-9-7-19(8-10-20)15-6-5-14(18)12-16(15)21(23)24/h5-6,12H,2-4,7-11,13H2,1H3. The Labute approximate surface area is 164 Å². The van der Waals surface area contributed by atoms with Crippen molar-refractivity contribution in [3.05, 3.63) is 33.3 Å². The number of sulfone groups is 1. The third-order valence-corrected chi connectivity index (χ3v) is 6.34. The summed E-state index contributed by atoms with van der Waals surface area (Å²) in [5.41, 5.74) is 0.365. The van der Waals surface area contributed by atoms with Crippen molar-refractivity contribution in [1.82, 2.24) is 4.90 Å². The number of amides is 1. The van der Waals surface area contributed by atoms with Gasteiger partial charge < -0.3 is 9.80 Å². The number of hydrogen-bond acceptors (Lipinski definition) is 6. The number of benzene rings is 1. The zero-order valence-electron chi connectivity index (χ0n) is 15.3. The number of anilines is 1. The van der Waals surface area contributed by atoms with E-state index in [-0.39, 0.29) is 16.5 Å². The summed E-state index contributed by atoms with van der Waals surface area (Å²) in [6, 6.07) is 4.48. The van der Waals surface area contributed by atoms with Crippen molar-refractivity contribution in [3.63, 3.8) is 0 Å². The summed E-state index contributed by atoms with van der Waals surface area (Å²) in [7, 11) is -3.40. The largest absolute Gasteiger partial charge is 0.362 e. The van der Waals surface area contributed by atoms with Crippen LogP contribution in [0.25, 0.3) is 0 Å². The van der Waals surface area contributed by atoms with Crippen LogP contribution < -0.4 is 4.90 Å². The number of nitrogens with zero attached hydrogens (tertiary/aromatic N) is 3. The Bertz CT molecular complexity index is 792. The fourth-order valence-electron chi connectivity index (χ4n) is 3.03. The van der Waals surface area contributed by atoms with Crippen LogP contribution >= 0.6 is 11.6 Å². The van der Waals surface area contributed by atoms with Crippen LogP contribution in [0.15, 0.2) is 18.2 Å². The number of hydrogen-bond donors (Lipinski definition) is 0. The van der Waals surface area contributed by atoms with Gasteiger partial charge in [-0.1, -0.05) is 31.4 Å². The van der Waals surface area contributed by atoms with Crippen LogP contribution in [0.2, 0.25) is 5.02 Å². The Hall–Kier alpha value is -1.87. The molecule has 0 aromatic heterocycles. The molecular weight excluding hydrogens is 394 g/mol. The average molecular weight is 418 g/mol. The molecule has 8 nitrogen and oxygen atoms in total. The predicted octanol–water partition coefficient (Wildman–Crippen LogP) is 2.50. The normalized spacial score (nSPS) is 15.0. The molecule has 0 N–H and O–H groups in total. The van der Waals surface area contributed by atoms with E-state index in [0.29, 0.717) is 38.3 Å². The highest BCUT2D eigenvalue weighted by molar-refractivity contribution is 7.92. The van der Waals surface area contributed by atoms with Crippen molar-refractivity contribution in [2.75, 3.05) is 42.6 Å². The quantitative estimate of drug-likeness (QED) is 0.366. The molecule has 0 spiro atoms. The van der Waals surface area contributed by atoms with Crippen LogP contribution in [-0.2, 0) is 14.6 Å². The topological polar surface area (TPSA) is 101 Å². The van der Waals surface area contributed by atoms with Gasteiger partial charge in [-0.2, -0.15) is 0 Å². The lowest BCUT2D eigenvalue weighted by Crippen LogP contribution is -2.50. The van der Waals surface area contributed by atoms with E-state index in [0.717, 1.165) is 12.8 Å². The highest BCUT2D eigenvalue weighted by Crippen LogP contribution is 2.31. The molecule has 1 aliphatic rings. The van der Waals surface area contributed by atoms with Crippen LogP contribution in [-0.4, -0.2) is 61.8 Å². The van der Waals surface area contributed by atoms with E-state index in [9.17, 15) is 23.3 Å². The van der Waals surface area contributed by atoms with E-state index in [1.807, 2.05) is 11.8 Å². The Kier molecular flexibility index (Phi) is 7.43. The third kappa shape index (κ3) is 6.07. The minimum absolute atomic E-state index is 0.0313. The fourth-order valence-corrected chi connectivity index (χ4v) is 4.54. The van der Waals surface area contributed by atoms with E-state index < -0.39 is 26.4 Å². The molecule has 2 rings (SSSR count). The van der Waals surface area contributed by atoms with Crippen molar-refractivity contribution in [2.24, 2.45) is 0 Å². The maximum atomic E-state index is 12.3. The molecule has 150 valence electrons. The number of nitro benzene ring substituents is 1. The van der Waals surface area contributed by atoms with Crippen molar-refractivity contribution < 1.29 is 18.1 Å². The molecule has 1 amide bonds.